The highest BCUT2D eigenvalue weighted by molar-refractivity contribution is 6.30. The number of fused-ring (bicyclic) bond motifs is 1. The van der Waals surface area contributed by atoms with Crippen LogP contribution >= 0.6 is 11.6 Å². The molecule has 0 radical (unpaired) electrons. The number of anilines is 1. The molecule has 2 aliphatic rings. The molecule has 1 fully saturated rings. The third-order valence-corrected chi connectivity index (χ3v) is 8.68. The second-order valence-electron chi connectivity index (χ2n) is 11.2. The second kappa shape index (κ2) is 13.9. The van der Waals surface area contributed by atoms with Crippen LogP contribution in [-0.4, -0.2) is 62.1 Å². The van der Waals surface area contributed by atoms with E-state index < -0.39 is 23.8 Å². The van der Waals surface area contributed by atoms with Gasteiger partial charge in [-0.3, -0.25) is 14.5 Å². The van der Waals surface area contributed by atoms with E-state index in [9.17, 15) is 14.7 Å². The molecule has 3 atom stereocenters. The maximum atomic E-state index is 13.7. The summed E-state index contributed by atoms with van der Waals surface area (Å²) >= 11 is 6.35. The Morgan fingerprint density at radius 3 is 2.30 bits per heavy atom. The van der Waals surface area contributed by atoms with Gasteiger partial charge in [-0.05, 0) is 84.0 Å². The molecule has 3 aromatic rings. The number of aliphatic carboxylic acids is 1. The first-order valence-corrected chi connectivity index (χ1v) is 15.3. The molecular weight excluding hydrogens is 584 g/mol. The lowest BCUT2D eigenvalue weighted by Gasteiger charge is -2.27. The predicted molar refractivity (Wildman–Crippen MR) is 168 cm³/mol. The number of carboxylic acid groups (broad SMARTS) is 1. The molecule has 2 heterocycles. The van der Waals surface area contributed by atoms with Gasteiger partial charge in [-0.25, -0.2) is 0 Å². The molecule has 234 valence electrons. The number of hydrogen-bond acceptors (Lipinski definition) is 7. The van der Waals surface area contributed by atoms with Crippen molar-refractivity contribution in [2.75, 3.05) is 45.5 Å². The fourth-order valence-electron chi connectivity index (χ4n) is 6.38. The fourth-order valence-corrected chi connectivity index (χ4v) is 6.64. The number of nitrogens with one attached hydrogen (secondary N) is 1. The number of carboxylic acids is 1. The van der Waals surface area contributed by atoms with Gasteiger partial charge in [-0.15, -0.1) is 0 Å². The van der Waals surface area contributed by atoms with Gasteiger partial charge in [0.1, 0.15) is 12.4 Å². The van der Waals surface area contributed by atoms with Crippen LogP contribution in [0.1, 0.15) is 53.6 Å². The van der Waals surface area contributed by atoms with Crippen LogP contribution in [0.3, 0.4) is 0 Å². The van der Waals surface area contributed by atoms with Gasteiger partial charge in [0.25, 0.3) is 0 Å². The summed E-state index contributed by atoms with van der Waals surface area (Å²) in [6, 6.07) is 14.4. The quantitative estimate of drug-likeness (QED) is 0.237. The number of carbonyl (C=O) groups is 2. The molecular formula is C34H39ClN2O7. The Morgan fingerprint density at radius 1 is 1.02 bits per heavy atom. The summed E-state index contributed by atoms with van der Waals surface area (Å²) in [4.78, 5) is 28.7. The normalized spacial score (nSPS) is 19.2. The lowest BCUT2D eigenvalue weighted by atomic mass is 9.81. The minimum absolute atomic E-state index is 0.00950. The van der Waals surface area contributed by atoms with Crippen LogP contribution in [0.25, 0.3) is 0 Å². The molecule has 10 heteroatoms. The van der Waals surface area contributed by atoms with E-state index in [1.807, 2.05) is 74.2 Å². The molecule has 0 aromatic heterocycles. The van der Waals surface area contributed by atoms with Crippen molar-refractivity contribution in [3.8, 4) is 17.2 Å². The number of hydrogen-bond donors (Lipinski definition) is 2. The number of nitrogens with zero attached hydrogens (tertiary/aromatic N) is 1. The number of methoxy groups -OCH3 is 1. The Bertz CT molecular complexity index is 1490. The van der Waals surface area contributed by atoms with E-state index in [0.29, 0.717) is 54.9 Å². The van der Waals surface area contributed by atoms with Gasteiger partial charge in [0.05, 0.1) is 19.1 Å². The van der Waals surface area contributed by atoms with E-state index in [0.717, 1.165) is 33.5 Å². The minimum atomic E-state index is -0.931. The summed E-state index contributed by atoms with van der Waals surface area (Å²) in [5.74, 6) is -0.463. The van der Waals surface area contributed by atoms with Gasteiger partial charge in [0.2, 0.25) is 12.7 Å². The van der Waals surface area contributed by atoms with Crippen molar-refractivity contribution in [1.29, 1.82) is 0 Å². The molecule has 3 aromatic carbocycles. The SMILES string of the molecule is CCc1cc(Cl)cc(CC)c1NC(=O)CN1C[C@H](c2cc3c(cc2C)OCO3)C(C(=O)O)[C@@H]1c1ccc(OCCOC)cc1. The van der Waals surface area contributed by atoms with Crippen molar-refractivity contribution in [2.45, 2.75) is 45.6 Å². The lowest BCUT2D eigenvalue weighted by Crippen LogP contribution is -2.35. The first-order chi connectivity index (χ1) is 21.2. The summed E-state index contributed by atoms with van der Waals surface area (Å²) in [5, 5.41) is 14.4. The predicted octanol–water partition coefficient (Wildman–Crippen LogP) is 6.01. The van der Waals surface area contributed by atoms with Gasteiger partial charge in [0.15, 0.2) is 11.5 Å². The summed E-state index contributed by atoms with van der Waals surface area (Å²) in [5.41, 5.74) is 5.27. The number of ether oxygens (including phenoxy) is 4. The molecule has 1 amide bonds. The maximum Gasteiger partial charge on any atom is 0.309 e. The molecule has 0 aliphatic carbocycles. The average molecular weight is 623 g/mol. The molecule has 5 rings (SSSR count). The highest BCUT2D eigenvalue weighted by Gasteiger charge is 2.48. The van der Waals surface area contributed by atoms with Crippen LogP contribution in [-0.2, 0) is 27.2 Å². The van der Waals surface area contributed by atoms with E-state index in [4.69, 9.17) is 30.5 Å². The first-order valence-electron chi connectivity index (χ1n) is 14.9. The van der Waals surface area contributed by atoms with Gasteiger partial charge < -0.3 is 29.4 Å². The van der Waals surface area contributed by atoms with Gasteiger partial charge >= 0.3 is 5.97 Å². The Morgan fingerprint density at radius 2 is 1.68 bits per heavy atom. The molecule has 0 spiro atoms. The topological polar surface area (TPSA) is 107 Å². The summed E-state index contributed by atoms with van der Waals surface area (Å²) in [6.07, 6.45) is 1.42. The van der Waals surface area contributed by atoms with Crippen molar-refractivity contribution in [3.63, 3.8) is 0 Å². The number of likely N-dealkylation sites (tertiary alicyclic amines) is 1. The second-order valence-corrected chi connectivity index (χ2v) is 11.6. The average Bonchev–Trinajstić information content (AvgIpc) is 3.61. The van der Waals surface area contributed by atoms with E-state index in [-0.39, 0.29) is 19.2 Å². The largest absolute Gasteiger partial charge is 0.491 e. The zero-order valence-electron chi connectivity index (χ0n) is 25.5. The molecule has 44 heavy (non-hydrogen) atoms. The number of aryl methyl sites for hydroxylation is 3. The van der Waals surface area contributed by atoms with Crippen molar-refractivity contribution in [3.05, 3.63) is 81.4 Å². The van der Waals surface area contributed by atoms with Crippen LogP contribution in [0.5, 0.6) is 17.2 Å². The monoisotopic (exact) mass is 622 g/mol. The van der Waals surface area contributed by atoms with Crippen molar-refractivity contribution >= 4 is 29.2 Å². The van der Waals surface area contributed by atoms with Gasteiger partial charge in [-0.2, -0.15) is 0 Å². The van der Waals surface area contributed by atoms with Crippen molar-refractivity contribution < 1.29 is 33.6 Å². The van der Waals surface area contributed by atoms with E-state index >= 15 is 0 Å². The molecule has 0 bridgehead atoms. The van der Waals surface area contributed by atoms with E-state index in [1.54, 1.807) is 7.11 Å². The van der Waals surface area contributed by atoms with Crippen molar-refractivity contribution in [2.24, 2.45) is 5.92 Å². The van der Waals surface area contributed by atoms with E-state index in [2.05, 4.69) is 5.32 Å². The molecule has 2 N–H and O–H groups in total. The van der Waals surface area contributed by atoms with Crippen LogP contribution in [0.15, 0.2) is 48.5 Å². The number of benzene rings is 3. The van der Waals surface area contributed by atoms with Crippen molar-refractivity contribution in [1.82, 2.24) is 4.90 Å². The molecule has 1 unspecified atom stereocenters. The fraction of sp³-hybridized carbons (Fsp3) is 0.412. The third kappa shape index (κ3) is 6.65. The van der Waals surface area contributed by atoms with Crippen LogP contribution in [0.4, 0.5) is 5.69 Å². The molecule has 9 nitrogen and oxygen atoms in total. The molecule has 1 saturated heterocycles. The molecule has 2 aliphatic heterocycles. The van der Waals surface area contributed by atoms with Gasteiger partial charge in [0, 0.05) is 36.3 Å². The van der Waals surface area contributed by atoms with Crippen LogP contribution in [0.2, 0.25) is 5.02 Å². The zero-order chi connectivity index (χ0) is 31.4. The smallest absolute Gasteiger partial charge is 0.309 e. The number of amides is 1. The van der Waals surface area contributed by atoms with Gasteiger partial charge in [-0.1, -0.05) is 37.6 Å². The minimum Gasteiger partial charge on any atom is -0.491 e. The van der Waals surface area contributed by atoms with Crippen LogP contribution in [0, 0.1) is 12.8 Å². The summed E-state index contributed by atoms with van der Waals surface area (Å²) in [7, 11) is 1.61. The standard InChI is InChI=1S/C34H39ClN2O7/c1-5-21-14-24(35)15-22(6-2)32(21)36-30(38)18-37-17-27(26-16-29-28(13-20(26)3)43-19-44-29)31(34(39)40)33(37)23-7-9-25(10-8-23)42-12-11-41-4/h7-10,13-16,27,31,33H,5-6,11-12,17-19H2,1-4H3,(H,36,38)(H,39,40)/t27-,31?,33+/m1/s1. The number of carbonyl (C=O) groups excluding carboxylic acids is 1. The Labute approximate surface area is 263 Å². The highest BCUT2D eigenvalue weighted by Crippen LogP contribution is 2.49. The Hall–Kier alpha value is -3.79. The molecule has 0 saturated carbocycles. The first kappa shape index (κ1) is 31.6. The Balaban J connectivity index is 1.49. The highest BCUT2D eigenvalue weighted by atomic mass is 35.5. The zero-order valence-corrected chi connectivity index (χ0v) is 26.3. The number of halogens is 1. The van der Waals surface area contributed by atoms with E-state index in [1.165, 1.54) is 0 Å². The number of rotatable bonds is 12. The Kier molecular flexibility index (Phi) is 9.98. The maximum absolute atomic E-state index is 13.7. The summed E-state index contributed by atoms with van der Waals surface area (Å²) < 4.78 is 22.0. The summed E-state index contributed by atoms with van der Waals surface area (Å²) in [6.45, 7) is 7.36. The van der Waals surface area contributed by atoms with Crippen LogP contribution < -0.4 is 19.5 Å². The third-order valence-electron chi connectivity index (χ3n) is 8.46. The lowest BCUT2D eigenvalue weighted by molar-refractivity contribution is -0.143.